The Morgan fingerprint density at radius 1 is 1.44 bits per heavy atom. The lowest BCUT2D eigenvalue weighted by atomic mass is 10.1. The van der Waals surface area contributed by atoms with Gasteiger partial charge in [0.2, 0.25) is 0 Å². The van der Waals surface area contributed by atoms with Crippen LogP contribution >= 0.6 is 24.2 Å². The van der Waals surface area contributed by atoms with E-state index in [4.69, 9.17) is 5.73 Å². The largest absolute Gasteiger partial charge is 0.399 e. The van der Waals surface area contributed by atoms with Gasteiger partial charge in [-0.25, -0.2) is 0 Å². The van der Waals surface area contributed by atoms with Crippen LogP contribution in [0.2, 0.25) is 0 Å². The van der Waals surface area contributed by atoms with Crippen molar-refractivity contribution >= 4 is 35.8 Å². The van der Waals surface area contributed by atoms with Gasteiger partial charge in [0.15, 0.2) is 0 Å². The average Bonchev–Trinajstić information content (AvgIpc) is 2.39. The van der Waals surface area contributed by atoms with Crippen LogP contribution in [0.5, 0.6) is 0 Å². The van der Waals surface area contributed by atoms with Gasteiger partial charge in [-0.3, -0.25) is 4.79 Å². The number of hydrogen-bond donors (Lipinski definition) is 1. The number of carbonyl (C=O) groups is 1. The maximum absolute atomic E-state index is 12.2. The number of thioether (sulfide) groups is 1. The van der Waals surface area contributed by atoms with Crippen LogP contribution in [0.4, 0.5) is 5.69 Å². The molecule has 1 aliphatic heterocycles. The van der Waals surface area contributed by atoms with Gasteiger partial charge < -0.3 is 10.6 Å². The number of nitrogens with two attached hydrogens (primary N) is 1. The predicted octanol–water partition coefficient (Wildman–Crippen LogP) is 2.66. The van der Waals surface area contributed by atoms with Gasteiger partial charge in [0.25, 0.3) is 5.91 Å². The molecular formula is C13H19ClN2OS. The van der Waals surface area contributed by atoms with Crippen LogP contribution in [0.15, 0.2) is 24.3 Å². The van der Waals surface area contributed by atoms with Crippen molar-refractivity contribution in [2.75, 3.05) is 24.6 Å². The van der Waals surface area contributed by atoms with Crippen molar-refractivity contribution in [2.24, 2.45) is 0 Å². The van der Waals surface area contributed by atoms with Crippen LogP contribution < -0.4 is 5.73 Å². The van der Waals surface area contributed by atoms with Gasteiger partial charge in [0.05, 0.1) is 0 Å². The van der Waals surface area contributed by atoms with Gasteiger partial charge in [-0.1, -0.05) is 6.92 Å². The van der Waals surface area contributed by atoms with E-state index in [1.54, 1.807) is 24.3 Å². The molecule has 1 aliphatic rings. The molecule has 1 amide bonds. The summed E-state index contributed by atoms with van der Waals surface area (Å²) < 4.78 is 0. The highest BCUT2D eigenvalue weighted by molar-refractivity contribution is 8.00. The highest BCUT2D eigenvalue weighted by atomic mass is 35.5. The molecule has 1 aromatic rings. The van der Waals surface area contributed by atoms with E-state index in [1.165, 1.54) is 0 Å². The third kappa shape index (κ3) is 3.56. The van der Waals surface area contributed by atoms with Crippen LogP contribution in [0.1, 0.15) is 23.7 Å². The molecule has 5 heteroatoms. The fourth-order valence-electron chi connectivity index (χ4n) is 1.96. The van der Waals surface area contributed by atoms with Gasteiger partial charge >= 0.3 is 0 Å². The summed E-state index contributed by atoms with van der Waals surface area (Å²) in [6.45, 7) is 3.89. The number of carbonyl (C=O) groups excluding carboxylic acids is 1. The van der Waals surface area contributed by atoms with Crippen molar-refractivity contribution < 1.29 is 4.79 Å². The second-order valence-electron chi connectivity index (χ2n) is 4.27. The molecule has 0 aromatic heterocycles. The Morgan fingerprint density at radius 3 is 2.72 bits per heavy atom. The summed E-state index contributed by atoms with van der Waals surface area (Å²) in [5.74, 6) is 1.17. The molecule has 100 valence electrons. The zero-order chi connectivity index (χ0) is 12.3. The van der Waals surface area contributed by atoms with Crippen LogP contribution in [-0.4, -0.2) is 34.9 Å². The first-order chi connectivity index (χ1) is 8.20. The number of halogens is 1. The fraction of sp³-hybridized carbons (Fsp3) is 0.462. The first kappa shape index (κ1) is 15.2. The molecule has 0 bridgehead atoms. The zero-order valence-electron chi connectivity index (χ0n) is 10.5. The molecule has 2 N–H and O–H groups in total. The highest BCUT2D eigenvalue weighted by Crippen LogP contribution is 2.22. The number of nitrogen functional groups attached to an aromatic ring is 1. The zero-order valence-corrected chi connectivity index (χ0v) is 12.1. The fourth-order valence-corrected chi connectivity index (χ4v) is 3.14. The maximum atomic E-state index is 12.2. The first-order valence-corrected chi connectivity index (χ1v) is 7.02. The molecule has 1 fully saturated rings. The lowest BCUT2D eigenvalue weighted by Gasteiger charge is -2.32. The van der Waals surface area contributed by atoms with E-state index < -0.39 is 0 Å². The van der Waals surface area contributed by atoms with Gasteiger partial charge in [0, 0.05) is 35.3 Å². The first-order valence-electron chi connectivity index (χ1n) is 5.97. The van der Waals surface area contributed by atoms with E-state index in [-0.39, 0.29) is 18.3 Å². The van der Waals surface area contributed by atoms with Crippen molar-refractivity contribution in [1.29, 1.82) is 0 Å². The number of benzene rings is 1. The SMILES string of the molecule is CCC1CN(C(=O)c2ccc(N)cc2)CCS1.Cl. The lowest BCUT2D eigenvalue weighted by molar-refractivity contribution is 0.0761. The summed E-state index contributed by atoms with van der Waals surface area (Å²) in [6.07, 6.45) is 1.12. The van der Waals surface area contributed by atoms with Crippen molar-refractivity contribution in [1.82, 2.24) is 4.90 Å². The summed E-state index contributed by atoms with van der Waals surface area (Å²) in [5.41, 5.74) is 7.05. The Kier molecular flexibility index (Phi) is 5.82. The normalized spacial score (nSPS) is 19.2. The summed E-state index contributed by atoms with van der Waals surface area (Å²) in [6, 6.07) is 7.17. The topological polar surface area (TPSA) is 46.3 Å². The van der Waals surface area contributed by atoms with Crippen LogP contribution in [0.25, 0.3) is 0 Å². The Balaban J connectivity index is 0.00000162. The summed E-state index contributed by atoms with van der Waals surface area (Å²) in [5, 5.41) is 0.585. The molecule has 18 heavy (non-hydrogen) atoms. The van der Waals surface area contributed by atoms with Crippen molar-refractivity contribution in [3.8, 4) is 0 Å². The second kappa shape index (κ2) is 6.90. The minimum absolute atomic E-state index is 0. The quantitative estimate of drug-likeness (QED) is 0.850. The third-order valence-corrected chi connectivity index (χ3v) is 4.41. The molecule has 2 rings (SSSR count). The van der Waals surface area contributed by atoms with E-state index >= 15 is 0 Å². The number of anilines is 1. The van der Waals surface area contributed by atoms with E-state index in [0.717, 1.165) is 30.8 Å². The van der Waals surface area contributed by atoms with E-state index in [1.807, 2.05) is 16.7 Å². The van der Waals surface area contributed by atoms with Crippen molar-refractivity contribution in [3.63, 3.8) is 0 Å². The van der Waals surface area contributed by atoms with Crippen LogP contribution in [-0.2, 0) is 0 Å². The molecule has 1 atom stereocenters. The minimum atomic E-state index is 0. The Morgan fingerprint density at radius 2 is 2.11 bits per heavy atom. The summed E-state index contributed by atoms with van der Waals surface area (Å²) in [4.78, 5) is 14.2. The molecule has 0 aliphatic carbocycles. The number of nitrogens with zero attached hydrogens (tertiary/aromatic N) is 1. The maximum Gasteiger partial charge on any atom is 0.253 e. The van der Waals surface area contributed by atoms with E-state index in [9.17, 15) is 4.79 Å². The minimum Gasteiger partial charge on any atom is -0.399 e. The molecule has 1 aromatic carbocycles. The number of amides is 1. The molecular weight excluding hydrogens is 268 g/mol. The Bertz CT molecular complexity index is 396. The number of hydrogen-bond acceptors (Lipinski definition) is 3. The molecule has 1 heterocycles. The number of rotatable bonds is 2. The van der Waals surface area contributed by atoms with Gasteiger partial charge in [-0.05, 0) is 30.7 Å². The van der Waals surface area contributed by atoms with Gasteiger partial charge in [-0.2, -0.15) is 11.8 Å². The summed E-state index contributed by atoms with van der Waals surface area (Å²) in [7, 11) is 0. The molecule has 1 unspecified atom stereocenters. The molecule has 1 saturated heterocycles. The highest BCUT2D eigenvalue weighted by Gasteiger charge is 2.23. The predicted molar refractivity (Wildman–Crippen MR) is 80.5 cm³/mol. The smallest absolute Gasteiger partial charge is 0.253 e. The standard InChI is InChI=1S/C13H18N2OS.ClH/c1-2-12-9-15(7-8-17-12)13(16)10-3-5-11(14)6-4-10;/h3-6,12H,2,7-9,14H2,1H3;1H. The van der Waals surface area contributed by atoms with E-state index in [2.05, 4.69) is 6.92 Å². The van der Waals surface area contributed by atoms with Gasteiger partial charge in [0.1, 0.15) is 0 Å². The van der Waals surface area contributed by atoms with Crippen LogP contribution in [0.3, 0.4) is 0 Å². The third-order valence-electron chi connectivity index (χ3n) is 3.04. The Hall–Kier alpha value is -0.870. The van der Waals surface area contributed by atoms with Crippen molar-refractivity contribution in [2.45, 2.75) is 18.6 Å². The average molecular weight is 287 g/mol. The van der Waals surface area contributed by atoms with Crippen molar-refractivity contribution in [3.05, 3.63) is 29.8 Å². The van der Waals surface area contributed by atoms with Gasteiger partial charge in [-0.15, -0.1) is 12.4 Å². The lowest BCUT2D eigenvalue weighted by Crippen LogP contribution is -2.41. The molecule has 0 spiro atoms. The Labute approximate surface area is 119 Å². The summed E-state index contributed by atoms with van der Waals surface area (Å²) >= 11 is 1.97. The molecule has 3 nitrogen and oxygen atoms in total. The second-order valence-corrected chi connectivity index (χ2v) is 5.68. The molecule has 0 saturated carbocycles. The monoisotopic (exact) mass is 286 g/mol. The van der Waals surface area contributed by atoms with Crippen LogP contribution in [0, 0.1) is 0 Å². The molecule has 0 radical (unpaired) electrons. The van der Waals surface area contributed by atoms with E-state index in [0.29, 0.717) is 10.9 Å².